The number of ether oxygens (including phenoxy) is 1. The van der Waals surface area contributed by atoms with Crippen LogP contribution in [0.25, 0.3) is 11.1 Å². The van der Waals surface area contributed by atoms with E-state index in [1.54, 1.807) is 12.4 Å². The first-order valence-electron chi connectivity index (χ1n) is 5.95. The van der Waals surface area contributed by atoms with E-state index in [9.17, 15) is 4.79 Å². The third-order valence-corrected chi connectivity index (χ3v) is 2.51. The van der Waals surface area contributed by atoms with E-state index >= 15 is 0 Å². The van der Waals surface area contributed by atoms with Gasteiger partial charge in [-0.05, 0) is 31.4 Å². The Kier molecular flexibility index (Phi) is 4.84. The first-order chi connectivity index (χ1) is 8.49. The van der Waals surface area contributed by atoms with Gasteiger partial charge in [0.1, 0.15) is 0 Å². The average molecular weight is 245 g/mol. The van der Waals surface area contributed by atoms with E-state index in [-0.39, 0.29) is 5.97 Å². The molecular formula is C15H19NO2. The fourth-order valence-electron chi connectivity index (χ4n) is 1.59. The highest BCUT2D eigenvalue weighted by atomic mass is 16.5. The highest BCUT2D eigenvalue weighted by Gasteiger charge is 2.19. The molecule has 0 aromatic carbocycles. The zero-order valence-corrected chi connectivity index (χ0v) is 11.2. The molecule has 0 amide bonds. The van der Waals surface area contributed by atoms with Crippen LogP contribution in [0.1, 0.15) is 48.7 Å². The lowest BCUT2D eigenvalue weighted by Gasteiger charge is -2.13. The Hall–Kier alpha value is -1.90. The van der Waals surface area contributed by atoms with Crippen LogP contribution >= 0.6 is 0 Å². The number of esters is 1. The number of carbonyl (C=O) groups is 1. The smallest absolute Gasteiger partial charge is 0.339 e. The zero-order valence-electron chi connectivity index (χ0n) is 11.2. The lowest BCUT2D eigenvalue weighted by molar-refractivity contribution is 0.0504. The number of carbonyl (C=O) groups excluding carboxylic acids is 1. The predicted octanol–water partition coefficient (Wildman–Crippen LogP) is 3.71. The number of rotatable bonds is 5. The summed E-state index contributed by atoms with van der Waals surface area (Å²) in [4.78, 5) is 16.2. The second-order valence-corrected chi connectivity index (χ2v) is 4.31. The Balaban J connectivity index is 3.31. The molecule has 1 rings (SSSR count). The molecule has 0 bridgehead atoms. The maximum absolute atomic E-state index is 12.1. The highest BCUT2D eigenvalue weighted by Crippen LogP contribution is 2.25. The van der Waals surface area contributed by atoms with Crippen molar-refractivity contribution in [1.82, 2.24) is 4.98 Å². The minimum absolute atomic E-state index is 0.338. The second kappa shape index (κ2) is 6.15. The van der Waals surface area contributed by atoms with Crippen molar-refractivity contribution in [2.24, 2.45) is 0 Å². The van der Waals surface area contributed by atoms with Crippen LogP contribution in [-0.2, 0) is 4.74 Å². The van der Waals surface area contributed by atoms with Gasteiger partial charge in [-0.3, -0.25) is 4.98 Å². The van der Waals surface area contributed by atoms with Crippen molar-refractivity contribution < 1.29 is 9.53 Å². The minimum Gasteiger partial charge on any atom is -0.462 e. The molecule has 3 nitrogen and oxygen atoms in total. The third kappa shape index (κ3) is 3.06. The van der Waals surface area contributed by atoms with Gasteiger partial charge in [0.05, 0.1) is 12.2 Å². The molecule has 0 radical (unpaired) electrons. The number of hydrogen-bond acceptors (Lipinski definition) is 3. The van der Waals surface area contributed by atoms with Gasteiger partial charge < -0.3 is 4.74 Å². The number of nitrogens with zero attached hydrogens (tertiary/aromatic N) is 1. The molecule has 0 saturated carbocycles. The summed E-state index contributed by atoms with van der Waals surface area (Å²) in [6.07, 6.45) is 4.07. The van der Waals surface area contributed by atoms with Gasteiger partial charge in [-0.25, -0.2) is 4.79 Å². The number of pyridine rings is 1. The average Bonchev–Trinajstić information content (AvgIpc) is 2.34. The maximum atomic E-state index is 12.1. The SMILES string of the molecule is C=C(C)c1cncc(C(=C)C)c1C(=O)OCCC. The molecule has 0 fully saturated rings. The highest BCUT2D eigenvalue weighted by molar-refractivity contribution is 5.99. The lowest BCUT2D eigenvalue weighted by atomic mass is 9.97. The van der Waals surface area contributed by atoms with Crippen LogP contribution in [0.2, 0.25) is 0 Å². The fraction of sp³-hybridized carbons (Fsp3) is 0.333. The van der Waals surface area contributed by atoms with Crippen LogP contribution in [0, 0.1) is 0 Å². The van der Waals surface area contributed by atoms with Crippen LogP contribution in [0.5, 0.6) is 0 Å². The van der Waals surface area contributed by atoms with Crippen LogP contribution in [-0.4, -0.2) is 17.6 Å². The van der Waals surface area contributed by atoms with Gasteiger partial charge in [-0.1, -0.05) is 20.1 Å². The monoisotopic (exact) mass is 245 g/mol. The molecule has 0 aliphatic carbocycles. The van der Waals surface area contributed by atoms with E-state index < -0.39 is 0 Å². The van der Waals surface area contributed by atoms with Crippen molar-refractivity contribution >= 4 is 17.1 Å². The van der Waals surface area contributed by atoms with Gasteiger partial charge in [-0.2, -0.15) is 0 Å². The van der Waals surface area contributed by atoms with Gasteiger partial charge >= 0.3 is 5.97 Å². The summed E-state index contributed by atoms with van der Waals surface area (Å²) < 4.78 is 5.21. The fourth-order valence-corrected chi connectivity index (χ4v) is 1.59. The van der Waals surface area contributed by atoms with E-state index in [4.69, 9.17) is 4.74 Å². The number of hydrogen-bond donors (Lipinski definition) is 0. The van der Waals surface area contributed by atoms with Crippen LogP contribution in [0.3, 0.4) is 0 Å². The van der Waals surface area contributed by atoms with Gasteiger partial charge in [-0.15, -0.1) is 0 Å². The molecule has 96 valence electrons. The third-order valence-electron chi connectivity index (χ3n) is 2.51. The van der Waals surface area contributed by atoms with Gasteiger partial charge in [0, 0.05) is 23.5 Å². The van der Waals surface area contributed by atoms with E-state index in [0.29, 0.717) is 12.2 Å². The Morgan fingerprint density at radius 2 is 1.72 bits per heavy atom. The van der Waals surface area contributed by atoms with Crippen LogP contribution in [0.15, 0.2) is 25.6 Å². The Morgan fingerprint density at radius 3 is 2.11 bits per heavy atom. The molecule has 1 heterocycles. The molecule has 0 saturated heterocycles. The van der Waals surface area contributed by atoms with Gasteiger partial charge in [0.2, 0.25) is 0 Å². The largest absolute Gasteiger partial charge is 0.462 e. The van der Waals surface area contributed by atoms with E-state index in [0.717, 1.165) is 28.7 Å². The summed E-state index contributed by atoms with van der Waals surface area (Å²) in [5.41, 5.74) is 3.52. The summed E-state index contributed by atoms with van der Waals surface area (Å²) in [6.45, 7) is 13.8. The summed E-state index contributed by atoms with van der Waals surface area (Å²) in [5.74, 6) is -0.338. The Labute approximate surface area is 108 Å². The normalized spacial score (nSPS) is 9.94. The van der Waals surface area contributed by atoms with Crippen molar-refractivity contribution in [3.8, 4) is 0 Å². The molecule has 0 aliphatic heterocycles. The first-order valence-corrected chi connectivity index (χ1v) is 5.95. The van der Waals surface area contributed by atoms with Crippen LogP contribution in [0.4, 0.5) is 0 Å². The molecule has 0 spiro atoms. The maximum Gasteiger partial charge on any atom is 0.339 e. The van der Waals surface area contributed by atoms with Crippen molar-refractivity contribution in [3.05, 3.63) is 42.2 Å². The standard InChI is InChI=1S/C15H19NO2/c1-6-7-18-15(17)14-12(10(2)3)8-16-9-13(14)11(4)5/h8-9H,2,4,6-7H2,1,3,5H3. The zero-order chi connectivity index (χ0) is 13.7. The summed E-state index contributed by atoms with van der Waals surface area (Å²) in [7, 11) is 0. The van der Waals surface area contributed by atoms with E-state index in [1.165, 1.54) is 0 Å². The number of aromatic nitrogens is 1. The summed E-state index contributed by atoms with van der Waals surface area (Å²) in [6, 6.07) is 0. The van der Waals surface area contributed by atoms with Crippen molar-refractivity contribution in [3.63, 3.8) is 0 Å². The molecule has 3 heteroatoms. The number of allylic oxidation sites excluding steroid dienone is 2. The second-order valence-electron chi connectivity index (χ2n) is 4.31. The van der Waals surface area contributed by atoms with E-state index in [2.05, 4.69) is 18.1 Å². The van der Waals surface area contributed by atoms with Crippen molar-refractivity contribution in [1.29, 1.82) is 0 Å². The predicted molar refractivity (Wildman–Crippen MR) is 74.2 cm³/mol. The van der Waals surface area contributed by atoms with Gasteiger partial charge in [0.15, 0.2) is 0 Å². The lowest BCUT2D eigenvalue weighted by Crippen LogP contribution is -2.12. The minimum atomic E-state index is -0.338. The Morgan fingerprint density at radius 1 is 1.22 bits per heavy atom. The molecule has 0 N–H and O–H groups in total. The first kappa shape index (κ1) is 14.2. The van der Waals surface area contributed by atoms with Crippen molar-refractivity contribution in [2.75, 3.05) is 6.61 Å². The molecule has 0 unspecified atom stereocenters. The molecule has 0 atom stereocenters. The summed E-state index contributed by atoms with van der Waals surface area (Å²) in [5, 5.41) is 0. The van der Waals surface area contributed by atoms with Gasteiger partial charge in [0.25, 0.3) is 0 Å². The molecule has 1 aromatic rings. The molecular weight excluding hydrogens is 226 g/mol. The molecule has 18 heavy (non-hydrogen) atoms. The Bertz CT molecular complexity index is 457. The van der Waals surface area contributed by atoms with Crippen molar-refractivity contribution in [2.45, 2.75) is 27.2 Å². The van der Waals surface area contributed by atoms with Crippen LogP contribution < -0.4 is 0 Å². The van der Waals surface area contributed by atoms with E-state index in [1.807, 2.05) is 20.8 Å². The quantitative estimate of drug-likeness (QED) is 0.742. The molecule has 1 aromatic heterocycles. The molecule has 0 aliphatic rings. The summed E-state index contributed by atoms with van der Waals surface area (Å²) >= 11 is 0. The topological polar surface area (TPSA) is 39.2 Å².